The van der Waals surface area contributed by atoms with E-state index >= 15 is 0 Å². The molecule has 2 aromatic rings. The predicted molar refractivity (Wildman–Crippen MR) is 70.8 cm³/mol. The van der Waals surface area contributed by atoms with E-state index in [1.807, 2.05) is 0 Å². The molecule has 0 bridgehead atoms. The first kappa shape index (κ1) is 12.7. The monoisotopic (exact) mass is 282 g/mol. The number of furan rings is 1. The summed E-state index contributed by atoms with van der Waals surface area (Å²) >= 11 is 11.7. The van der Waals surface area contributed by atoms with E-state index < -0.39 is 5.97 Å². The topological polar surface area (TPSA) is 50.4 Å². The van der Waals surface area contributed by atoms with Gasteiger partial charge >= 0.3 is 5.97 Å². The average Bonchev–Trinajstić information content (AvgIpc) is 2.79. The standard InChI is InChI=1S/C13H8Cl2O3/c14-10-4-1-8(7-11(10)15)12-5-2-9(18-12)3-6-13(16)17/h1-7H,(H,16,17)/b6-3+. The molecule has 1 N–H and O–H groups in total. The minimum absolute atomic E-state index is 0.438. The second-order valence-electron chi connectivity index (χ2n) is 3.50. The third-order valence-electron chi connectivity index (χ3n) is 2.22. The number of carbonyl (C=O) groups is 1. The van der Waals surface area contributed by atoms with Gasteiger partial charge in [0.25, 0.3) is 0 Å². The van der Waals surface area contributed by atoms with Gasteiger partial charge in [-0.25, -0.2) is 4.79 Å². The molecule has 1 aromatic heterocycles. The molecule has 1 aromatic carbocycles. The maximum absolute atomic E-state index is 10.4. The van der Waals surface area contributed by atoms with Crippen LogP contribution in [0.25, 0.3) is 17.4 Å². The highest BCUT2D eigenvalue weighted by molar-refractivity contribution is 6.42. The molecule has 0 radical (unpaired) electrons. The summed E-state index contributed by atoms with van der Waals surface area (Å²) in [6.07, 6.45) is 2.39. The van der Waals surface area contributed by atoms with Crippen molar-refractivity contribution < 1.29 is 14.3 Å². The first-order chi connectivity index (χ1) is 8.56. The molecule has 2 rings (SSSR count). The molecule has 92 valence electrons. The lowest BCUT2D eigenvalue weighted by Crippen LogP contribution is -1.84. The van der Waals surface area contributed by atoms with Crippen molar-refractivity contribution in [3.05, 3.63) is 52.2 Å². The summed E-state index contributed by atoms with van der Waals surface area (Å²) in [5.41, 5.74) is 0.777. The summed E-state index contributed by atoms with van der Waals surface area (Å²) < 4.78 is 5.46. The molecule has 0 amide bonds. The molecule has 0 spiro atoms. The SMILES string of the molecule is O=C(O)/C=C/c1ccc(-c2ccc(Cl)c(Cl)c2)o1. The quantitative estimate of drug-likeness (QED) is 0.852. The van der Waals surface area contributed by atoms with Crippen LogP contribution >= 0.6 is 23.2 Å². The second-order valence-corrected chi connectivity index (χ2v) is 4.32. The van der Waals surface area contributed by atoms with Crippen LogP contribution in [0.15, 0.2) is 40.8 Å². The van der Waals surface area contributed by atoms with Crippen LogP contribution in [-0.4, -0.2) is 11.1 Å². The van der Waals surface area contributed by atoms with Crippen LogP contribution in [0.5, 0.6) is 0 Å². The zero-order chi connectivity index (χ0) is 13.1. The minimum Gasteiger partial charge on any atom is -0.478 e. The van der Waals surface area contributed by atoms with Crippen LogP contribution in [-0.2, 0) is 4.79 Å². The highest BCUT2D eigenvalue weighted by Crippen LogP contribution is 2.29. The maximum Gasteiger partial charge on any atom is 0.328 e. The van der Waals surface area contributed by atoms with Gasteiger partial charge in [-0.15, -0.1) is 0 Å². The van der Waals surface area contributed by atoms with E-state index in [0.717, 1.165) is 11.6 Å². The number of halogens is 2. The van der Waals surface area contributed by atoms with Gasteiger partial charge in [0.15, 0.2) is 0 Å². The molecule has 0 aliphatic rings. The van der Waals surface area contributed by atoms with Crippen LogP contribution in [0.1, 0.15) is 5.76 Å². The van der Waals surface area contributed by atoms with E-state index in [1.165, 1.54) is 6.08 Å². The van der Waals surface area contributed by atoms with Crippen LogP contribution in [0.3, 0.4) is 0 Å². The number of hydrogen-bond acceptors (Lipinski definition) is 2. The summed E-state index contributed by atoms with van der Waals surface area (Å²) in [6, 6.07) is 8.55. The molecule has 0 aliphatic heterocycles. The third kappa shape index (κ3) is 2.94. The van der Waals surface area contributed by atoms with E-state index in [2.05, 4.69) is 0 Å². The summed E-state index contributed by atoms with van der Waals surface area (Å²) in [7, 11) is 0. The first-order valence-electron chi connectivity index (χ1n) is 5.02. The molecular formula is C13H8Cl2O3. The molecule has 0 aliphatic carbocycles. The van der Waals surface area contributed by atoms with Crippen LogP contribution in [0.2, 0.25) is 10.0 Å². The van der Waals surface area contributed by atoms with Crippen molar-refractivity contribution in [3.63, 3.8) is 0 Å². The Balaban J connectivity index is 2.29. The average molecular weight is 283 g/mol. The van der Waals surface area contributed by atoms with Gasteiger partial charge in [0, 0.05) is 11.6 Å². The Kier molecular flexibility index (Phi) is 3.75. The van der Waals surface area contributed by atoms with E-state index in [-0.39, 0.29) is 0 Å². The Morgan fingerprint density at radius 2 is 1.94 bits per heavy atom. The fraction of sp³-hybridized carbons (Fsp3) is 0. The lowest BCUT2D eigenvalue weighted by Gasteiger charge is -1.99. The summed E-state index contributed by atoms with van der Waals surface area (Å²) in [4.78, 5) is 10.4. The van der Waals surface area contributed by atoms with Crippen LogP contribution in [0, 0.1) is 0 Å². The molecule has 0 atom stereocenters. The highest BCUT2D eigenvalue weighted by Gasteiger charge is 2.06. The van der Waals surface area contributed by atoms with E-state index in [0.29, 0.717) is 21.6 Å². The molecule has 3 nitrogen and oxygen atoms in total. The predicted octanol–water partition coefficient (Wildman–Crippen LogP) is 4.35. The first-order valence-corrected chi connectivity index (χ1v) is 5.78. The van der Waals surface area contributed by atoms with Crippen molar-refractivity contribution in [2.45, 2.75) is 0 Å². The van der Waals surface area contributed by atoms with Gasteiger partial charge in [0.05, 0.1) is 10.0 Å². The number of rotatable bonds is 3. The Hall–Kier alpha value is -1.71. The summed E-state index contributed by atoms with van der Waals surface area (Å²) in [6.45, 7) is 0. The van der Waals surface area contributed by atoms with Gasteiger partial charge in [-0.3, -0.25) is 0 Å². The second kappa shape index (κ2) is 5.29. The lowest BCUT2D eigenvalue weighted by atomic mass is 10.2. The van der Waals surface area contributed by atoms with Crippen molar-refractivity contribution in [1.82, 2.24) is 0 Å². The van der Waals surface area contributed by atoms with Gasteiger partial charge in [-0.05, 0) is 36.4 Å². The van der Waals surface area contributed by atoms with Crippen molar-refractivity contribution in [2.24, 2.45) is 0 Å². The number of aliphatic carboxylic acids is 1. The lowest BCUT2D eigenvalue weighted by molar-refractivity contribution is -0.131. The van der Waals surface area contributed by atoms with Gasteiger partial charge in [0.2, 0.25) is 0 Å². The smallest absolute Gasteiger partial charge is 0.328 e. The van der Waals surface area contributed by atoms with Crippen molar-refractivity contribution >= 4 is 35.2 Å². The summed E-state index contributed by atoms with van der Waals surface area (Å²) in [5.74, 6) is 0.0274. The minimum atomic E-state index is -1.03. The van der Waals surface area contributed by atoms with E-state index in [1.54, 1.807) is 30.3 Å². The number of carboxylic acids is 1. The van der Waals surface area contributed by atoms with Crippen molar-refractivity contribution in [1.29, 1.82) is 0 Å². The summed E-state index contributed by atoms with van der Waals surface area (Å²) in [5, 5.41) is 9.41. The van der Waals surface area contributed by atoms with Gasteiger partial charge in [0.1, 0.15) is 11.5 Å². The van der Waals surface area contributed by atoms with E-state index in [9.17, 15) is 4.79 Å². The molecule has 0 fully saturated rings. The van der Waals surface area contributed by atoms with Crippen LogP contribution in [0.4, 0.5) is 0 Å². The Morgan fingerprint density at radius 3 is 2.61 bits per heavy atom. The maximum atomic E-state index is 10.4. The highest BCUT2D eigenvalue weighted by atomic mass is 35.5. The number of benzene rings is 1. The van der Waals surface area contributed by atoms with Crippen LogP contribution < -0.4 is 0 Å². The number of carboxylic acid groups (broad SMARTS) is 1. The zero-order valence-electron chi connectivity index (χ0n) is 9.06. The molecule has 1 heterocycles. The fourth-order valence-corrected chi connectivity index (χ4v) is 1.70. The molecule has 0 saturated heterocycles. The fourth-order valence-electron chi connectivity index (χ4n) is 1.40. The zero-order valence-corrected chi connectivity index (χ0v) is 10.6. The van der Waals surface area contributed by atoms with E-state index in [4.69, 9.17) is 32.7 Å². The third-order valence-corrected chi connectivity index (χ3v) is 2.96. The Morgan fingerprint density at radius 1 is 1.17 bits per heavy atom. The molecule has 0 saturated carbocycles. The molecule has 0 unspecified atom stereocenters. The van der Waals surface area contributed by atoms with Gasteiger partial charge in [-0.1, -0.05) is 23.2 Å². The molecule has 18 heavy (non-hydrogen) atoms. The Bertz CT molecular complexity index is 614. The van der Waals surface area contributed by atoms with Gasteiger partial charge in [-0.2, -0.15) is 0 Å². The molecule has 5 heteroatoms. The van der Waals surface area contributed by atoms with Crippen molar-refractivity contribution in [3.8, 4) is 11.3 Å². The normalized spacial score (nSPS) is 11.0. The van der Waals surface area contributed by atoms with Crippen molar-refractivity contribution in [2.75, 3.05) is 0 Å². The molecular weight excluding hydrogens is 275 g/mol. The number of hydrogen-bond donors (Lipinski definition) is 1. The Labute approximate surface area is 113 Å². The largest absolute Gasteiger partial charge is 0.478 e. The van der Waals surface area contributed by atoms with Gasteiger partial charge < -0.3 is 9.52 Å².